The molecule has 3 heteroatoms. The highest BCUT2D eigenvalue weighted by atomic mass is 19.1. The third-order valence-electron chi connectivity index (χ3n) is 4.73. The number of rotatable bonds is 1. The number of nitrogens with zero attached hydrogens (tertiary/aromatic N) is 1. The fourth-order valence-electron chi connectivity index (χ4n) is 3.59. The molecule has 1 unspecified atom stereocenters. The second-order valence-electron chi connectivity index (χ2n) is 6.86. The third-order valence-corrected chi connectivity index (χ3v) is 4.73. The summed E-state index contributed by atoms with van der Waals surface area (Å²) >= 11 is 0. The van der Waals surface area contributed by atoms with Crippen molar-refractivity contribution in [1.29, 1.82) is 0 Å². The number of hydrogen-bond donors (Lipinski definition) is 1. The molecule has 0 saturated carbocycles. The van der Waals surface area contributed by atoms with Gasteiger partial charge >= 0.3 is 0 Å². The molecule has 2 nitrogen and oxygen atoms in total. The predicted octanol–water partition coefficient (Wildman–Crippen LogP) is 4.34. The molecule has 2 aromatic carbocycles. The standard InChI is InChI=1S/C20H19FN2/c1-20(2)12-23-19(15-7-5-8-16(21)18(15)20)14-10-13-6-3-4-9-17(13)22-11-14/h3-11,19,23H,12H2,1-2H3. The van der Waals surface area contributed by atoms with E-state index >= 15 is 0 Å². The lowest BCUT2D eigenvalue weighted by molar-refractivity contribution is 0.387. The quantitative estimate of drug-likeness (QED) is 0.723. The van der Waals surface area contributed by atoms with Crippen LogP contribution in [0.25, 0.3) is 10.9 Å². The van der Waals surface area contributed by atoms with Crippen LogP contribution < -0.4 is 5.32 Å². The summed E-state index contributed by atoms with van der Waals surface area (Å²) in [7, 11) is 0. The Morgan fingerprint density at radius 3 is 2.83 bits per heavy atom. The summed E-state index contributed by atoms with van der Waals surface area (Å²) in [5.74, 6) is -0.118. The third kappa shape index (κ3) is 2.32. The van der Waals surface area contributed by atoms with Gasteiger partial charge in [-0.05, 0) is 34.9 Å². The number of halogens is 1. The van der Waals surface area contributed by atoms with Gasteiger partial charge in [-0.2, -0.15) is 0 Å². The number of fused-ring (bicyclic) bond motifs is 2. The van der Waals surface area contributed by atoms with Crippen LogP contribution in [0.2, 0.25) is 0 Å². The smallest absolute Gasteiger partial charge is 0.127 e. The lowest BCUT2D eigenvalue weighted by Crippen LogP contribution is -2.42. The highest BCUT2D eigenvalue weighted by molar-refractivity contribution is 5.79. The van der Waals surface area contributed by atoms with Crippen molar-refractivity contribution in [3.05, 3.63) is 77.2 Å². The van der Waals surface area contributed by atoms with Gasteiger partial charge in [0.15, 0.2) is 0 Å². The molecule has 4 rings (SSSR count). The van der Waals surface area contributed by atoms with Gasteiger partial charge in [0.05, 0.1) is 11.6 Å². The van der Waals surface area contributed by atoms with Gasteiger partial charge in [0.1, 0.15) is 5.82 Å². The molecule has 0 amide bonds. The summed E-state index contributed by atoms with van der Waals surface area (Å²) in [4.78, 5) is 4.55. The van der Waals surface area contributed by atoms with Crippen LogP contribution in [0, 0.1) is 5.82 Å². The zero-order chi connectivity index (χ0) is 16.0. The normalized spacial score (nSPS) is 19.5. The van der Waals surface area contributed by atoms with Crippen molar-refractivity contribution >= 4 is 10.9 Å². The molecule has 2 heterocycles. The highest BCUT2D eigenvalue weighted by Crippen LogP contribution is 2.38. The first-order chi connectivity index (χ1) is 11.1. The van der Waals surface area contributed by atoms with Crippen LogP contribution in [-0.2, 0) is 5.41 Å². The number of nitrogens with one attached hydrogen (secondary N) is 1. The van der Waals surface area contributed by atoms with Crippen LogP contribution in [0.5, 0.6) is 0 Å². The second kappa shape index (κ2) is 5.14. The van der Waals surface area contributed by atoms with Gasteiger partial charge in [-0.25, -0.2) is 4.39 Å². The van der Waals surface area contributed by atoms with Crippen LogP contribution >= 0.6 is 0 Å². The SMILES string of the molecule is CC1(C)CNC(c2cnc3ccccc3c2)c2cccc(F)c21. The summed E-state index contributed by atoms with van der Waals surface area (Å²) < 4.78 is 14.5. The van der Waals surface area contributed by atoms with Gasteiger partial charge < -0.3 is 5.32 Å². The average Bonchev–Trinajstić information content (AvgIpc) is 2.54. The van der Waals surface area contributed by atoms with Crippen molar-refractivity contribution in [2.45, 2.75) is 25.3 Å². The van der Waals surface area contributed by atoms with Gasteiger partial charge in [0.25, 0.3) is 0 Å². The molecule has 23 heavy (non-hydrogen) atoms. The van der Waals surface area contributed by atoms with Gasteiger partial charge in [-0.15, -0.1) is 0 Å². The lowest BCUT2D eigenvalue weighted by atomic mass is 9.75. The largest absolute Gasteiger partial charge is 0.305 e. The molecule has 0 radical (unpaired) electrons. The van der Waals surface area contributed by atoms with Crippen LogP contribution in [-0.4, -0.2) is 11.5 Å². The van der Waals surface area contributed by atoms with E-state index in [0.29, 0.717) is 0 Å². The van der Waals surface area contributed by atoms with Crippen LogP contribution in [0.3, 0.4) is 0 Å². The minimum absolute atomic E-state index is 0.0224. The Morgan fingerprint density at radius 2 is 1.96 bits per heavy atom. The molecule has 116 valence electrons. The first kappa shape index (κ1) is 14.3. The first-order valence-corrected chi connectivity index (χ1v) is 7.93. The van der Waals surface area contributed by atoms with Crippen molar-refractivity contribution in [3.63, 3.8) is 0 Å². The Morgan fingerprint density at radius 1 is 1.13 bits per heavy atom. The number of para-hydroxylation sites is 1. The minimum atomic E-state index is -0.221. The Hall–Kier alpha value is -2.26. The molecule has 1 aromatic heterocycles. The van der Waals surface area contributed by atoms with E-state index < -0.39 is 0 Å². The number of benzene rings is 2. The summed E-state index contributed by atoms with van der Waals surface area (Å²) in [6.07, 6.45) is 1.90. The summed E-state index contributed by atoms with van der Waals surface area (Å²) in [5, 5.41) is 4.67. The Kier molecular flexibility index (Phi) is 3.20. The monoisotopic (exact) mass is 306 g/mol. The topological polar surface area (TPSA) is 24.9 Å². The maximum atomic E-state index is 14.5. The van der Waals surface area contributed by atoms with E-state index in [2.05, 4.69) is 36.3 Å². The zero-order valence-electron chi connectivity index (χ0n) is 13.3. The molecule has 1 aliphatic heterocycles. The number of aromatic nitrogens is 1. The average molecular weight is 306 g/mol. The fourth-order valence-corrected chi connectivity index (χ4v) is 3.59. The van der Waals surface area contributed by atoms with Crippen LogP contribution in [0.15, 0.2) is 54.7 Å². The number of hydrogen-bond acceptors (Lipinski definition) is 2. The fraction of sp³-hybridized carbons (Fsp3) is 0.250. The molecule has 0 fully saturated rings. The number of pyridine rings is 1. The molecule has 0 saturated heterocycles. The lowest BCUT2D eigenvalue weighted by Gasteiger charge is -2.38. The molecular formula is C20H19FN2. The molecule has 0 bridgehead atoms. The zero-order valence-corrected chi connectivity index (χ0v) is 13.3. The van der Waals surface area contributed by atoms with E-state index in [0.717, 1.165) is 34.1 Å². The van der Waals surface area contributed by atoms with E-state index in [1.807, 2.05) is 30.5 Å². The van der Waals surface area contributed by atoms with Crippen molar-refractivity contribution < 1.29 is 4.39 Å². The molecule has 0 aliphatic carbocycles. The molecule has 3 aromatic rings. The van der Waals surface area contributed by atoms with Crippen LogP contribution in [0.4, 0.5) is 4.39 Å². The maximum Gasteiger partial charge on any atom is 0.127 e. The van der Waals surface area contributed by atoms with Gasteiger partial charge in [-0.1, -0.05) is 44.2 Å². The van der Waals surface area contributed by atoms with Crippen molar-refractivity contribution in [2.75, 3.05) is 6.54 Å². The summed E-state index contributed by atoms with van der Waals surface area (Å²) in [6, 6.07) is 15.6. The molecule has 0 spiro atoms. The van der Waals surface area contributed by atoms with E-state index in [4.69, 9.17) is 0 Å². The van der Waals surface area contributed by atoms with Gasteiger partial charge in [-0.3, -0.25) is 4.98 Å². The van der Waals surface area contributed by atoms with Gasteiger partial charge in [0.2, 0.25) is 0 Å². The Bertz CT molecular complexity index is 886. The highest BCUT2D eigenvalue weighted by Gasteiger charge is 2.35. The molecule has 1 aliphatic rings. The molecule has 1 atom stereocenters. The summed E-state index contributed by atoms with van der Waals surface area (Å²) in [5.41, 5.74) is 3.66. The Labute approximate surface area is 135 Å². The maximum absolute atomic E-state index is 14.5. The van der Waals surface area contributed by atoms with E-state index in [1.165, 1.54) is 0 Å². The van der Waals surface area contributed by atoms with Crippen molar-refractivity contribution in [3.8, 4) is 0 Å². The van der Waals surface area contributed by atoms with E-state index in [9.17, 15) is 4.39 Å². The van der Waals surface area contributed by atoms with Crippen molar-refractivity contribution in [1.82, 2.24) is 10.3 Å². The summed E-state index contributed by atoms with van der Waals surface area (Å²) in [6.45, 7) is 4.89. The van der Waals surface area contributed by atoms with Gasteiger partial charge in [0, 0.05) is 23.5 Å². The second-order valence-corrected chi connectivity index (χ2v) is 6.86. The first-order valence-electron chi connectivity index (χ1n) is 7.93. The van der Waals surface area contributed by atoms with Crippen LogP contribution in [0.1, 0.15) is 36.6 Å². The van der Waals surface area contributed by atoms with Crippen molar-refractivity contribution in [2.24, 2.45) is 0 Å². The minimum Gasteiger partial charge on any atom is -0.305 e. The molecular weight excluding hydrogens is 287 g/mol. The Balaban J connectivity index is 1.88. The van der Waals surface area contributed by atoms with E-state index in [-0.39, 0.29) is 17.3 Å². The predicted molar refractivity (Wildman–Crippen MR) is 91.0 cm³/mol. The molecule has 1 N–H and O–H groups in total. The van der Waals surface area contributed by atoms with E-state index in [1.54, 1.807) is 12.1 Å².